The monoisotopic (exact) mass is 452 g/mol. The lowest BCUT2D eigenvalue weighted by atomic mass is 10.2. The number of benzene rings is 2. The number of nitrogens with two attached hydrogens (primary N) is 1. The third-order valence-electron chi connectivity index (χ3n) is 4.38. The van der Waals surface area contributed by atoms with E-state index in [4.69, 9.17) is 5.14 Å². The van der Waals surface area contributed by atoms with Crippen LogP contribution in [0.25, 0.3) is 10.9 Å². The summed E-state index contributed by atoms with van der Waals surface area (Å²) in [6.45, 7) is 2.02. The third kappa shape index (κ3) is 5.10. The number of sulfonamides is 1. The second-order valence-electron chi connectivity index (χ2n) is 6.59. The average Bonchev–Trinajstić information content (AvgIpc) is 2.74. The van der Waals surface area contributed by atoms with Crippen LogP contribution in [0.5, 0.6) is 0 Å². The molecule has 2 aromatic carbocycles. The first-order chi connectivity index (χ1) is 14.9. The lowest BCUT2D eigenvalue weighted by molar-refractivity contribution is 0.597. The van der Waals surface area contributed by atoms with E-state index in [0.717, 1.165) is 27.2 Å². The van der Waals surface area contributed by atoms with Crippen LogP contribution >= 0.6 is 11.8 Å². The molecule has 2 aromatic heterocycles. The maximum Gasteiger partial charge on any atom is 0.238 e. The quantitative estimate of drug-likeness (QED) is 0.355. The zero-order valence-electron chi connectivity index (χ0n) is 16.6. The number of pyridine rings is 1. The van der Waals surface area contributed by atoms with Crippen molar-refractivity contribution in [2.24, 2.45) is 5.14 Å². The van der Waals surface area contributed by atoms with Gasteiger partial charge in [-0.3, -0.25) is 4.98 Å². The van der Waals surface area contributed by atoms with Gasteiger partial charge in [0.15, 0.2) is 0 Å². The number of thioether (sulfide) groups is 1. The van der Waals surface area contributed by atoms with Crippen LogP contribution in [0.2, 0.25) is 0 Å². The predicted octanol–water partition coefficient (Wildman–Crippen LogP) is 4.27. The molecule has 0 aliphatic carbocycles. The van der Waals surface area contributed by atoms with Crippen molar-refractivity contribution in [3.63, 3.8) is 0 Å². The van der Waals surface area contributed by atoms with Crippen LogP contribution in [0.15, 0.2) is 76.9 Å². The van der Waals surface area contributed by atoms with Crippen LogP contribution in [0.4, 0.5) is 23.0 Å². The average molecular weight is 453 g/mol. The number of anilines is 4. The molecular formula is C21H20N6O2S2. The number of hydrogen-bond donors (Lipinski definition) is 3. The molecular weight excluding hydrogens is 432 g/mol. The van der Waals surface area contributed by atoms with Gasteiger partial charge in [0.05, 0.1) is 16.1 Å². The molecule has 0 fully saturated rings. The lowest BCUT2D eigenvalue weighted by Crippen LogP contribution is -2.12. The Balaban J connectivity index is 1.61. The van der Waals surface area contributed by atoms with Crippen LogP contribution < -0.4 is 15.8 Å². The Labute approximate surface area is 184 Å². The molecule has 4 N–H and O–H groups in total. The Kier molecular flexibility index (Phi) is 6.03. The van der Waals surface area contributed by atoms with E-state index in [1.165, 1.54) is 18.5 Å². The minimum atomic E-state index is -3.82. The van der Waals surface area contributed by atoms with E-state index in [-0.39, 0.29) is 4.90 Å². The molecule has 4 rings (SSSR count). The number of nitrogens with one attached hydrogen (secondary N) is 2. The Bertz CT molecular complexity index is 1340. The fourth-order valence-electron chi connectivity index (χ4n) is 3.00. The van der Waals surface area contributed by atoms with E-state index in [0.29, 0.717) is 17.3 Å². The molecule has 31 heavy (non-hydrogen) atoms. The molecule has 0 atom stereocenters. The van der Waals surface area contributed by atoms with Gasteiger partial charge in [0.2, 0.25) is 10.0 Å². The molecule has 0 bridgehead atoms. The van der Waals surface area contributed by atoms with Crippen molar-refractivity contribution < 1.29 is 8.42 Å². The Morgan fingerprint density at radius 1 is 0.968 bits per heavy atom. The lowest BCUT2D eigenvalue weighted by Gasteiger charge is -2.13. The molecule has 0 saturated heterocycles. The topological polar surface area (TPSA) is 123 Å². The molecule has 0 aliphatic heterocycles. The van der Waals surface area contributed by atoms with Gasteiger partial charge in [0, 0.05) is 28.2 Å². The van der Waals surface area contributed by atoms with E-state index in [2.05, 4.69) is 25.6 Å². The predicted molar refractivity (Wildman–Crippen MR) is 125 cm³/mol. The molecule has 0 saturated carbocycles. The van der Waals surface area contributed by atoms with Crippen LogP contribution in [0.1, 0.15) is 6.92 Å². The highest BCUT2D eigenvalue weighted by Gasteiger charge is 2.13. The van der Waals surface area contributed by atoms with Gasteiger partial charge in [-0.25, -0.2) is 23.5 Å². The van der Waals surface area contributed by atoms with Crippen molar-refractivity contribution in [3.05, 3.63) is 67.1 Å². The van der Waals surface area contributed by atoms with Crippen LogP contribution in [-0.2, 0) is 10.0 Å². The summed E-state index contributed by atoms with van der Waals surface area (Å²) in [7, 11) is -3.82. The van der Waals surface area contributed by atoms with Crippen molar-refractivity contribution in [1.29, 1.82) is 0 Å². The molecule has 8 nitrogen and oxygen atoms in total. The number of rotatable bonds is 7. The molecule has 158 valence electrons. The van der Waals surface area contributed by atoms with E-state index in [1.54, 1.807) is 30.1 Å². The summed E-state index contributed by atoms with van der Waals surface area (Å²) in [5, 5.41) is 12.7. The van der Waals surface area contributed by atoms with Gasteiger partial charge >= 0.3 is 0 Å². The van der Waals surface area contributed by atoms with Crippen molar-refractivity contribution in [2.45, 2.75) is 16.7 Å². The first kappa shape index (κ1) is 21.0. The van der Waals surface area contributed by atoms with Gasteiger partial charge in [-0.15, -0.1) is 11.8 Å². The van der Waals surface area contributed by atoms with E-state index >= 15 is 0 Å². The number of fused-ring (bicyclic) bond motifs is 1. The van der Waals surface area contributed by atoms with Gasteiger partial charge in [-0.05, 0) is 48.2 Å². The largest absolute Gasteiger partial charge is 0.340 e. The molecule has 0 spiro atoms. The molecule has 0 aliphatic rings. The molecule has 0 radical (unpaired) electrons. The standard InChI is InChI=1S/C21H20N6O2S2/c1-2-30-19-8-6-16(31(22,28)29)11-18(19)27-21-12-20(24-13-25-21)26-15-5-7-17-14(10-15)4-3-9-23-17/h3-13H,2H2,1H3,(H2,22,28,29)(H2,24,25,26,27). The number of hydrogen-bond acceptors (Lipinski definition) is 8. The van der Waals surface area contributed by atoms with Crippen LogP contribution in [-0.4, -0.2) is 29.1 Å². The fraction of sp³-hybridized carbons (Fsp3) is 0.0952. The highest BCUT2D eigenvalue weighted by Crippen LogP contribution is 2.31. The number of nitrogens with zero attached hydrogens (tertiary/aromatic N) is 3. The maximum atomic E-state index is 11.8. The minimum Gasteiger partial charge on any atom is -0.340 e. The highest BCUT2D eigenvalue weighted by molar-refractivity contribution is 7.99. The van der Waals surface area contributed by atoms with Crippen LogP contribution in [0.3, 0.4) is 0 Å². The maximum absolute atomic E-state index is 11.8. The molecule has 4 aromatic rings. The van der Waals surface area contributed by atoms with Gasteiger partial charge in [-0.2, -0.15) is 0 Å². The van der Waals surface area contributed by atoms with Crippen molar-refractivity contribution in [3.8, 4) is 0 Å². The van der Waals surface area contributed by atoms with E-state index in [1.807, 2.05) is 37.3 Å². The van der Waals surface area contributed by atoms with E-state index in [9.17, 15) is 8.42 Å². The minimum absolute atomic E-state index is 0.0348. The zero-order chi connectivity index (χ0) is 21.8. The molecule has 2 heterocycles. The van der Waals surface area contributed by atoms with Crippen LogP contribution in [0, 0.1) is 0 Å². The molecule has 0 unspecified atom stereocenters. The molecule has 0 amide bonds. The summed E-state index contributed by atoms with van der Waals surface area (Å²) in [6.07, 6.45) is 3.19. The Morgan fingerprint density at radius 3 is 2.55 bits per heavy atom. The van der Waals surface area contributed by atoms with Crippen molar-refractivity contribution in [1.82, 2.24) is 15.0 Å². The first-order valence-corrected chi connectivity index (χ1v) is 12.0. The summed E-state index contributed by atoms with van der Waals surface area (Å²) >= 11 is 1.59. The third-order valence-corrected chi connectivity index (χ3v) is 6.25. The van der Waals surface area contributed by atoms with Crippen molar-refractivity contribution >= 4 is 55.7 Å². The second-order valence-corrected chi connectivity index (χ2v) is 9.45. The van der Waals surface area contributed by atoms with E-state index < -0.39 is 10.0 Å². The smallest absolute Gasteiger partial charge is 0.238 e. The number of aromatic nitrogens is 3. The first-order valence-electron chi connectivity index (χ1n) is 9.43. The highest BCUT2D eigenvalue weighted by atomic mass is 32.2. The summed E-state index contributed by atoms with van der Waals surface area (Å²) in [5.74, 6) is 1.94. The van der Waals surface area contributed by atoms with Gasteiger partial charge < -0.3 is 10.6 Å². The fourth-order valence-corrected chi connectivity index (χ4v) is 4.28. The van der Waals surface area contributed by atoms with Crippen molar-refractivity contribution in [2.75, 3.05) is 16.4 Å². The normalized spacial score (nSPS) is 11.4. The molecule has 10 heteroatoms. The summed E-state index contributed by atoms with van der Waals surface area (Å²) < 4.78 is 23.5. The zero-order valence-corrected chi connectivity index (χ0v) is 18.2. The Morgan fingerprint density at radius 2 is 1.77 bits per heavy atom. The summed E-state index contributed by atoms with van der Waals surface area (Å²) in [6, 6.07) is 16.2. The summed E-state index contributed by atoms with van der Waals surface area (Å²) in [4.78, 5) is 13.8. The summed E-state index contributed by atoms with van der Waals surface area (Å²) in [5.41, 5.74) is 2.39. The van der Waals surface area contributed by atoms with Gasteiger partial charge in [0.1, 0.15) is 18.0 Å². The second kappa shape index (κ2) is 8.88. The van der Waals surface area contributed by atoms with Gasteiger partial charge in [0.25, 0.3) is 0 Å². The SMILES string of the molecule is CCSc1ccc(S(N)(=O)=O)cc1Nc1cc(Nc2ccc3ncccc3c2)ncn1. The number of primary sulfonamides is 1. The van der Waals surface area contributed by atoms with Gasteiger partial charge in [-0.1, -0.05) is 13.0 Å². The Hall–Kier alpha value is -3.21.